The number of hydrogen-bond acceptors (Lipinski definition) is 4. The predicted octanol–water partition coefficient (Wildman–Crippen LogP) is 2.64. The van der Waals surface area contributed by atoms with Gasteiger partial charge in [0.15, 0.2) is 0 Å². The maximum absolute atomic E-state index is 12.0. The molecule has 0 aliphatic carbocycles. The van der Waals surface area contributed by atoms with Crippen molar-refractivity contribution in [3.63, 3.8) is 0 Å². The first kappa shape index (κ1) is 14.2. The van der Waals surface area contributed by atoms with E-state index in [1.165, 1.54) is 10.4 Å². The lowest BCUT2D eigenvalue weighted by atomic mass is 10.1. The molecule has 3 N–H and O–H groups in total. The van der Waals surface area contributed by atoms with Gasteiger partial charge in [0, 0.05) is 6.04 Å². The summed E-state index contributed by atoms with van der Waals surface area (Å²) in [5.74, 6) is -0.683. The number of carbonyl (C=O) groups excluding carboxylic acids is 1. The van der Waals surface area contributed by atoms with Gasteiger partial charge >= 0.3 is 10.6 Å². The number of hydrogen-bond donors (Lipinski definition) is 3. The van der Waals surface area contributed by atoms with Crippen LogP contribution < -0.4 is 9.03 Å². The van der Waals surface area contributed by atoms with Gasteiger partial charge in [-0.3, -0.25) is 13.8 Å². The van der Waals surface area contributed by atoms with Crippen molar-refractivity contribution in [3.05, 3.63) is 29.8 Å². The van der Waals surface area contributed by atoms with Gasteiger partial charge in [-0.1, -0.05) is 12.1 Å². The Balaban J connectivity index is 2.76. The number of para-hydroxylation sites is 1. The lowest BCUT2D eigenvalue weighted by Crippen LogP contribution is -2.53. The largest absolute Gasteiger partial charge is 0.471 e. The molecular weight excluding hydrogens is 284 g/mol. The fraction of sp³-hybridized carbons (Fsp3) is 0.250. The number of carboxylic acid groups (broad SMARTS) is 2. The van der Waals surface area contributed by atoms with E-state index in [0.29, 0.717) is 5.69 Å². The molecular formula is C12H14N2O5S. The Labute approximate surface area is 116 Å². The summed E-state index contributed by atoms with van der Waals surface area (Å²) in [6.07, 6.45) is 0. The predicted molar refractivity (Wildman–Crippen MR) is 75.2 cm³/mol. The minimum absolute atomic E-state index is 0.270. The molecule has 1 aromatic carbocycles. The number of carbonyl (C=O) groups is 3. The van der Waals surface area contributed by atoms with E-state index in [4.69, 9.17) is 0 Å². The Morgan fingerprint density at radius 2 is 1.75 bits per heavy atom. The third-order valence-corrected chi connectivity index (χ3v) is 5.60. The molecule has 0 atom stereocenters. The Kier molecular flexibility index (Phi) is 3.34. The standard InChI is InChI=1S/C12H14N2O5S/c1-7(2)14-9-6-4-3-5-8(9)10(15)13-20(14,11(16)17)12(18)19/h3-7H,1-2H3,(H,13,15)(H,16,17)(H,18,19). The second-order valence-electron chi connectivity index (χ2n) is 4.48. The van der Waals surface area contributed by atoms with Gasteiger partial charge in [0.2, 0.25) is 0 Å². The lowest BCUT2D eigenvalue weighted by Gasteiger charge is -2.48. The molecule has 0 unspecified atom stereocenters. The molecule has 108 valence electrons. The van der Waals surface area contributed by atoms with Crippen LogP contribution in [0.3, 0.4) is 0 Å². The molecule has 0 fully saturated rings. The summed E-state index contributed by atoms with van der Waals surface area (Å²) in [5, 5.41) is 15.7. The van der Waals surface area contributed by atoms with E-state index < -0.39 is 33.0 Å². The van der Waals surface area contributed by atoms with Crippen molar-refractivity contribution in [1.29, 1.82) is 0 Å². The van der Waals surface area contributed by atoms with Crippen molar-refractivity contribution in [2.24, 2.45) is 0 Å². The van der Waals surface area contributed by atoms with E-state index in [1.54, 1.807) is 32.0 Å². The maximum Gasteiger partial charge on any atom is 0.392 e. The third-order valence-electron chi connectivity index (χ3n) is 2.90. The highest BCUT2D eigenvalue weighted by Gasteiger charge is 2.52. The van der Waals surface area contributed by atoms with E-state index >= 15 is 0 Å². The number of benzene rings is 1. The fourth-order valence-corrected chi connectivity index (χ4v) is 4.39. The van der Waals surface area contributed by atoms with Crippen LogP contribution in [0, 0.1) is 0 Å². The molecule has 0 spiro atoms. The van der Waals surface area contributed by atoms with Gasteiger partial charge in [-0.25, -0.2) is 9.59 Å². The SMILES string of the molecule is CC(C)N1c2ccccc2C(=O)NS1(C(=O)O)C(=O)O. The van der Waals surface area contributed by atoms with Crippen LogP contribution >= 0.6 is 10.4 Å². The summed E-state index contributed by atoms with van der Waals surface area (Å²) in [4.78, 5) is 35.2. The molecule has 1 aromatic rings. The monoisotopic (exact) mass is 298 g/mol. The maximum atomic E-state index is 12.0. The molecule has 0 aromatic heterocycles. The molecule has 20 heavy (non-hydrogen) atoms. The van der Waals surface area contributed by atoms with Crippen LogP contribution in [0.2, 0.25) is 0 Å². The normalized spacial score (nSPS) is 18.1. The smallest absolute Gasteiger partial charge is 0.392 e. The first-order valence-electron chi connectivity index (χ1n) is 5.82. The van der Waals surface area contributed by atoms with Crippen molar-refractivity contribution < 1.29 is 24.6 Å². The number of amides is 1. The second-order valence-corrected chi connectivity index (χ2v) is 6.94. The van der Waals surface area contributed by atoms with Crippen LogP contribution in [-0.2, 0) is 0 Å². The van der Waals surface area contributed by atoms with Gasteiger partial charge < -0.3 is 10.2 Å². The molecule has 1 aliphatic rings. The molecule has 1 amide bonds. The first-order valence-corrected chi connectivity index (χ1v) is 7.41. The molecule has 2 rings (SSSR count). The fourth-order valence-electron chi connectivity index (χ4n) is 2.17. The van der Waals surface area contributed by atoms with Gasteiger partial charge in [-0.2, -0.15) is 0 Å². The van der Waals surface area contributed by atoms with E-state index in [-0.39, 0.29) is 5.56 Å². The van der Waals surface area contributed by atoms with Crippen molar-refractivity contribution in [2.75, 3.05) is 4.31 Å². The zero-order valence-electron chi connectivity index (χ0n) is 10.9. The molecule has 0 saturated carbocycles. The average Bonchev–Trinajstić information content (AvgIpc) is 2.37. The van der Waals surface area contributed by atoms with Gasteiger partial charge in [0.05, 0.1) is 11.3 Å². The zero-order valence-corrected chi connectivity index (χ0v) is 11.7. The van der Waals surface area contributed by atoms with E-state index in [0.717, 1.165) is 0 Å². The lowest BCUT2D eigenvalue weighted by molar-refractivity contribution is 0.0979. The quantitative estimate of drug-likeness (QED) is 0.735. The van der Waals surface area contributed by atoms with Crippen molar-refractivity contribution in [1.82, 2.24) is 4.72 Å². The van der Waals surface area contributed by atoms with Gasteiger partial charge in [-0.15, -0.1) is 0 Å². The van der Waals surface area contributed by atoms with Gasteiger partial charge in [0.25, 0.3) is 5.91 Å². The molecule has 0 radical (unpaired) electrons. The van der Waals surface area contributed by atoms with Crippen LogP contribution in [0.25, 0.3) is 0 Å². The molecule has 1 heterocycles. The molecule has 0 saturated heterocycles. The highest BCUT2D eigenvalue weighted by Crippen LogP contribution is 2.56. The van der Waals surface area contributed by atoms with Crippen LogP contribution in [0.15, 0.2) is 24.3 Å². The van der Waals surface area contributed by atoms with E-state index in [1.807, 2.05) is 0 Å². The zero-order chi connectivity index (χ0) is 15.1. The Hall–Kier alpha value is -2.22. The van der Waals surface area contributed by atoms with Gasteiger partial charge in [-0.05, 0) is 26.0 Å². The summed E-state index contributed by atoms with van der Waals surface area (Å²) in [7, 11) is -3.57. The van der Waals surface area contributed by atoms with Crippen molar-refractivity contribution >= 4 is 32.6 Å². The first-order chi connectivity index (χ1) is 9.32. The average molecular weight is 298 g/mol. The third kappa shape index (κ3) is 1.80. The number of fused-ring (bicyclic) bond motifs is 1. The second kappa shape index (κ2) is 4.71. The minimum atomic E-state index is -3.57. The van der Waals surface area contributed by atoms with Crippen LogP contribution in [0.1, 0.15) is 24.2 Å². The Morgan fingerprint density at radius 1 is 1.20 bits per heavy atom. The van der Waals surface area contributed by atoms with Crippen LogP contribution in [-0.4, -0.2) is 32.8 Å². The van der Waals surface area contributed by atoms with Gasteiger partial charge in [0.1, 0.15) is 10.4 Å². The van der Waals surface area contributed by atoms with Crippen molar-refractivity contribution in [2.45, 2.75) is 19.9 Å². The van der Waals surface area contributed by atoms with Crippen LogP contribution in [0.5, 0.6) is 0 Å². The molecule has 8 heteroatoms. The molecule has 7 nitrogen and oxygen atoms in total. The molecule has 1 aliphatic heterocycles. The van der Waals surface area contributed by atoms with E-state index in [9.17, 15) is 24.6 Å². The number of nitrogens with one attached hydrogen (secondary N) is 1. The number of nitrogens with zero attached hydrogens (tertiary/aromatic N) is 1. The molecule has 0 bridgehead atoms. The summed E-state index contributed by atoms with van der Waals surface area (Å²) < 4.78 is 3.46. The van der Waals surface area contributed by atoms with E-state index in [2.05, 4.69) is 4.72 Å². The minimum Gasteiger partial charge on any atom is -0.471 e. The van der Waals surface area contributed by atoms with Crippen LogP contribution in [0.4, 0.5) is 15.3 Å². The highest BCUT2D eigenvalue weighted by atomic mass is 32.3. The summed E-state index contributed by atoms with van der Waals surface area (Å²) in [6, 6.07) is 5.97. The number of anilines is 1. The summed E-state index contributed by atoms with van der Waals surface area (Å²) >= 11 is 0. The summed E-state index contributed by atoms with van der Waals surface area (Å²) in [6.45, 7) is 3.36. The topological polar surface area (TPSA) is 107 Å². The highest BCUT2D eigenvalue weighted by molar-refractivity contribution is 8.54. The summed E-state index contributed by atoms with van der Waals surface area (Å²) in [5.41, 5.74) is 0.595. The Morgan fingerprint density at radius 3 is 2.25 bits per heavy atom. The van der Waals surface area contributed by atoms with Crippen molar-refractivity contribution in [3.8, 4) is 0 Å². The Bertz CT molecular complexity index is 587. The number of rotatable bonds is 1.